The van der Waals surface area contributed by atoms with E-state index in [2.05, 4.69) is 0 Å². The van der Waals surface area contributed by atoms with Crippen LogP contribution in [0.1, 0.15) is 185 Å². The SMILES string of the molecule is C.CC(C)(C)OCC(O)CCl.CC(C)(C)OC[C@@H](O)CCl.CCC(O)COC(C)(C)C.CC[C@@H](O)COC(C)(C)C.CC[C@@H](O)COC(C)(C)C.CC[C@H](O)COC(C)(C)C. The summed E-state index contributed by atoms with van der Waals surface area (Å²) >= 11 is 10.7. The first-order valence-corrected chi connectivity index (χ1v) is 22.8. The quantitative estimate of drug-likeness (QED) is 0.0719. The van der Waals surface area contributed by atoms with Crippen LogP contribution >= 0.6 is 23.2 Å². The van der Waals surface area contributed by atoms with E-state index in [1.54, 1.807) is 0 Å². The van der Waals surface area contributed by atoms with Gasteiger partial charge in [0.05, 0.1) is 122 Å². The molecule has 0 fully saturated rings. The molecule has 12 nitrogen and oxygen atoms in total. The first-order valence-electron chi connectivity index (χ1n) is 21.8. The Kier molecular flexibility index (Phi) is 49.9. The van der Waals surface area contributed by atoms with E-state index in [9.17, 15) is 0 Å². The molecule has 0 aliphatic rings. The lowest BCUT2D eigenvalue weighted by Crippen LogP contribution is -2.26. The molecule has 61 heavy (non-hydrogen) atoms. The largest absolute Gasteiger partial charge is 0.391 e. The third-order valence-corrected chi connectivity index (χ3v) is 7.21. The van der Waals surface area contributed by atoms with Gasteiger partial charge in [-0.05, 0) is 150 Å². The molecule has 0 aromatic heterocycles. The Morgan fingerprint density at radius 2 is 0.410 bits per heavy atom. The van der Waals surface area contributed by atoms with Crippen LogP contribution in [0, 0.1) is 0 Å². The summed E-state index contributed by atoms with van der Waals surface area (Å²) in [5, 5.41) is 54.3. The highest BCUT2D eigenvalue weighted by Gasteiger charge is 2.16. The summed E-state index contributed by atoms with van der Waals surface area (Å²) in [6.07, 6.45) is 0.733. The summed E-state index contributed by atoms with van der Waals surface area (Å²) in [7, 11) is 0. The van der Waals surface area contributed by atoms with Crippen LogP contribution < -0.4 is 0 Å². The van der Waals surface area contributed by atoms with Gasteiger partial charge >= 0.3 is 0 Å². The maximum Gasteiger partial charge on any atom is 0.0908 e. The molecule has 0 saturated heterocycles. The Hall–Kier alpha value is 0.100. The topological polar surface area (TPSA) is 177 Å². The number of aliphatic hydroxyl groups is 6. The number of alkyl halides is 2. The fraction of sp³-hybridized carbons (Fsp3) is 1.00. The molecule has 0 heterocycles. The van der Waals surface area contributed by atoms with Crippen LogP contribution in [0.2, 0.25) is 0 Å². The molecular formula is C47H106Cl2O12. The smallest absolute Gasteiger partial charge is 0.0908 e. The average molecular weight is 934 g/mol. The summed E-state index contributed by atoms with van der Waals surface area (Å²) < 4.78 is 31.8. The van der Waals surface area contributed by atoms with Crippen molar-refractivity contribution < 1.29 is 59.1 Å². The molecule has 0 aromatic carbocycles. The molecule has 2 unspecified atom stereocenters. The molecule has 0 aliphatic heterocycles. The minimum absolute atomic E-state index is 0. The zero-order valence-corrected chi connectivity index (χ0v) is 44.3. The second kappa shape index (κ2) is 40.4. The zero-order valence-electron chi connectivity index (χ0n) is 42.8. The number of ether oxygens (including phenoxy) is 6. The summed E-state index contributed by atoms with van der Waals surface area (Å²) in [5.74, 6) is 0.464. The van der Waals surface area contributed by atoms with Crippen molar-refractivity contribution in [3.05, 3.63) is 0 Å². The van der Waals surface area contributed by atoms with E-state index in [1.807, 2.05) is 152 Å². The van der Waals surface area contributed by atoms with Crippen LogP contribution in [-0.4, -0.2) is 152 Å². The number of hydrogen-bond donors (Lipinski definition) is 6. The number of hydrogen-bond acceptors (Lipinski definition) is 12. The first kappa shape index (κ1) is 75.4. The van der Waals surface area contributed by atoms with Crippen LogP contribution in [-0.2, 0) is 28.4 Å². The van der Waals surface area contributed by atoms with Gasteiger partial charge in [-0.3, -0.25) is 0 Å². The van der Waals surface area contributed by atoms with E-state index in [4.69, 9.17) is 82.3 Å². The molecule has 0 saturated carbocycles. The lowest BCUT2D eigenvalue weighted by molar-refractivity contribution is -0.0493. The third-order valence-electron chi connectivity index (χ3n) is 6.49. The number of halogens is 2. The fourth-order valence-electron chi connectivity index (χ4n) is 2.64. The Morgan fingerprint density at radius 3 is 0.492 bits per heavy atom. The lowest BCUT2D eigenvalue weighted by atomic mass is 10.2. The van der Waals surface area contributed by atoms with Crippen molar-refractivity contribution in [3.8, 4) is 0 Å². The molecular weight excluding hydrogens is 827 g/mol. The van der Waals surface area contributed by atoms with Crippen molar-refractivity contribution in [1.29, 1.82) is 0 Å². The summed E-state index contributed by atoms with van der Waals surface area (Å²) in [5.41, 5.74) is -0.890. The van der Waals surface area contributed by atoms with Crippen LogP contribution in [0.15, 0.2) is 0 Å². The molecule has 0 spiro atoms. The van der Waals surface area contributed by atoms with Crippen LogP contribution in [0.25, 0.3) is 0 Å². The highest BCUT2D eigenvalue weighted by atomic mass is 35.5. The maximum atomic E-state index is 9.10. The first-order chi connectivity index (χ1) is 26.7. The van der Waals surface area contributed by atoms with E-state index in [0.717, 1.165) is 25.7 Å². The van der Waals surface area contributed by atoms with Gasteiger partial charge in [-0.1, -0.05) is 35.1 Å². The van der Waals surface area contributed by atoms with Gasteiger partial charge in [0.1, 0.15) is 0 Å². The lowest BCUT2D eigenvalue weighted by Gasteiger charge is -2.21. The number of rotatable bonds is 18. The van der Waals surface area contributed by atoms with Crippen molar-refractivity contribution in [3.63, 3.8) is 0 Å². The standard InChI is InChI=1S/4C8H18O2.2C7H15ClO2.CH4/c4*1-5-7(9)6-10-8(2,3)4;2*1-7(2,3)10-5-6(9)4-8;/h4*7,9H,5-6H2,1-4H3;2*6,9H,4-5H2,1-3H3;1H4/t3*7-;;6-;;/m110.0../s1. The summed E-state index contributed by atoms with van der Waals surface area (Å²) in [6.45, 7) is 45.6. The summed E-state index contributed by atoms with van der Waals surface area (Å²) in [6, 6.07) is 0. The van der Waals surface area contributed by atoms with Gasteiger partial charge in [-0.2, -0.15) is 0 Å². The van der Waals surface area contributed by atoms with Gasteiger partial charge in [-0.25, -0.2) is 0 Å². The summed E-state index contributed by atoms with van der Waals surface area (Å²) in [4.78, 5) is 0. The molecule has 6 atom stereocenters. The van der Waals surface area contributed by atoms with Gasteiger partial charge in [0.15, 0.2) is 0 Å². The van der Waals surface area contributed by atoms with Crippen molar-refractivity contribution in [1.82, 2.24) is 0 Å². The van der Waals surface area contributed by atoms with Crippen LogP contribution in [0.5, 0.6) is 0 Å². The van der Waals surface area contributed by atoms with E-state index in [1.165, 1.54) is 0 Å². The van der Waals surface area contributed by atoms with Gasteiger partial charge < -0.3 is 59.1 Å². The third kappa shape index (κ3) is 87.7. The molecule has 0 aromatic rings. The van der Waals surface area contributed by atoms with Crippen molar-refractivity contribution in [2.45, 2.75) is 256 Å². The van der Waals surface area contributed by atoms with Crippen molar-refractivity contribution >= 4 is 23.2 Å². The number of aliphatic hydroxyl groups excluding tert-OH is 6. The molecule has 6 N–H and O–H groups in total. The predicted octanol–water partition coefficient (Wildman–Crippen LogP) is 9.73. The Balaban J connectivity index is -0.000000114. The predicted molar refractivity (Wildman–Crippen MR) is 260 cm³/mol. The van der Waals surface area contributed by atoms with Crippen LogP contribution in [0.4, 0.5) is 0 Å². The highest BCUT2D eigenvalue weighted by Crippen LogP contribution is 2.11. The van der Waals surface area contributed by atoms with Crippen molar-refractivity contribution in [2.24, 2.45) is 0 Å². The van der Waals surface area contributed by atoms with E-state index in [0.29, 0.717) is 39.6 Å². The second-order valence-electron chi connectivity index (χ2n) is 20.4. The normalized spacial score (nSPS) is 15.0. The van der Waals surface area contributed by atoms with Crippen molar-refractivity contribution in [2.75, 3.05) is 51.4 Å². The average Bonchev–Trinajstić information content (AvgIpc) is 3.11. The fourth-order valence-corrected chi connectivity index (χ4v) is 2.82. The Labute approximate surface area is 388 Å². The van der Waals surface area contributed by atoms with Gasteiger partial charge in [0, 0.05) is 0 Å². The van der Waals surface area contributed by atoms with E-state index >= 15 is 0 Å². The van der Waals surface area contributed by atoms with Gasteiger partial charge in [-0.15, -0.1) is 23.2 Å². The minimum Gasteiger partial charge on any atom is -0.391 e. The Bertz CT molecular complexity index is 701. The Morgan fingerprint density at radius 1 is 0.295 bits per heavy atom. The van der Waals surface area contributed by atoms with Crippen LogP contribution in [0.3, 0.4) is 0 Å². The van der Waals surface area contributed by atoms with E-state index < -0.39 is 12.2 Å². The minimum atomic E-state index is -0.541. The molecule has 380 valence electrons. The molecule has 0 rings (SSSR count). The van der Waals surface area contributed by atoms with Gasteiger partial charge in [0.2, 0.25) is 0 Å². The molecule has 0 radical (unpaired) electrons. The molecule has 0 amide bonds. The molecule has 14 heteroatoms. The maximum absolute atomic E-state index is 9.10. The molecule has 0 bridgehead atoms. The zero-order chi connectivity index (χ0) is 49.2. The monoisotopic (exact) mass is 933 g/mol. The van der Waals surface area contributed by atoms with Gasteiger partial charge in [0.25, 0.3) is 0 Å². The highest BCUT2D eigenvalue weighted by molar-refractivity contribution is 6.18. The van der Waals surface area contributed by atoms with E-state index in [-0.39, 0.29) is 77.2 Å². The molecule has 0 aliphatic carbocycles. The second-order valence-corrected chi connectivity index (χ2v) is 21.0.